The summed E-state index contributed by atoms with van der Waals surface area (Å²) in [6.45, 7) is 0. The van der Waals surface area contributed by atoms with Gasteiger partial charge in [-0.1, -0.05) is 23.2 Å². The Labute approximate surface area is 85.1 Å². The number of benzene rings is 1. The van der Waals surface area contributed by atoms with Crippen LogP contribution in [0.3, 0.4) is 0 Å². The van der Waals surface area contributed by atoms with Crippen molar-refractivity contribution in [1.82, 2.24) is 0 Å². The highest BCUT2D eigenvalue weighted by Crippen LogP contribution is 2.25. The average Bonchev–Trinajstić information content (AvgIpc) is 1.99. The summed E-state index contributed by atoms with van der Waals surface area (Å²) >= 11 is 12.9. The third-order valence-corrected chi connectivity index (χ3v) is 2.46. The molecule has 0 bridgehead atoms. The van der Waals surface area contributed by atoms with Crippen LogP contribution in [0.15, 0.2) is 23.1 Å². The molecule has 0 aliphatic heterocycles. The number of rotatable bonds is 3. The normalized spacial score (nSPS) is 9.83. The lowest BCUT2D eigenvalue weighted by atomic mass is 10.4. The van der Waals surface area contributed by atoms with Crippen molar-refractivity contribution in [2.24, 2.45) is 0 Å². The van der Waals surface area contributed by atoms with Crippen LogP contribution in [0.5, 0.6) is 0 Å². The predicted molar refractivity (Wildman–Crippen MR) is 53.3 cm³/mol. The Bertz CT molecular complexity index is 268. The molecular formula is C8H6Cl2OS. The molecule has 0 amide bonds. The molecule has 1 nitrogen and oxygen atoms in total. The van der Waals surface area contributed by atoms with Crippen molar-refractivity contribution in [3.63, 3.8) is 0 Å². The Morgan fingerprint density at radius 2 is 1.83 bits per heavy atom. The first-order valence-electron chi connectivity index (χ1n) is 3.25. The van der Waals surface area contributed by atoms with Crippen molar-refractivity contribution in [3.05, 3.63) is 28.2 Å². The molecule has 1 aromatic rings. The van der Waals surface area contributed by atoms with E-state index in [9.17, 15) is 4.79 Å². The van der Waals surface area contributed by atoms with Crippen molar-refractivity contribution in [3.8, 4) is 0 Å². The van der Waals surface area contributed by atoms with E-state index in [1.807, 2.05) is 0 Å². The molecule has 0 heterocycles. The van der Waals surface area contributed by atoms with Gasteiger partial charge in [-0.2, -0.15) is 0 Å². The number of hydrogen-bond donors (Lipinski definition) is 0. The maximum Gasteiger partial charge on any atom is 0.130 e. The highest BCUT2D eigenvalue weighted by atomic mass is 35.5. The van der Waals surface area contributed by atoms with Gasteiger partial charge in [-0.15, -0.1) is 11.8 Å². The summed E-state index contributed by atoms with van der Waals surface area (Å²) in [6, 6.07) is 5.22. The van der Waals surface area contributed by atoms with Gasteiger partial charge >= 0.3 is 0 Å². The predicted octanol–water partition coefficient (Wildman–Crippen LogP) is 3.28. The third-order valence-electron chi connectivity index (χ3n) is 1.15. The van der Waals surface area contributed by atoms with Gasteiger partial charge in [0.25, 0.3) is 0 Å². The molecule has 0 saturated heterocycles. The Morgan fingerprint density at radius 1 is 1.25 bits per heavy atom. The second kappa shape index (κ2) is 4.75. The van der Waals surface area contributed by atoms with Crippen LogP contribution in [0.2, 0.25) is 10.0 Å². The first kappa shape index (κ1) is 9.90. The Morgan fingerprint density at radius 3 is 2.33 bits per heavy atom. The quantitative estimate of drug-likeness (QED) is 0.575. The Kier molecular flexibility index (Phi) is 3.92. The van der Waals surface area contributed by atoms with Crippen LogP contribution in [0.25, 0.3) is 0 Å². The first-order valence-corrected chi connectivity index (χ1v) is 4.99. The van der Waals surface area contributed by atoms with Crippen LogP contribution in [0.4, 0.5) is 0 Å². The summed E-state index contributed by atoms with van der Waals surface area (Å²) < 4.78 is 0. The van der Waals surface area contributed by atoms with Gasteiger partial charge in [0, 0.05) is 14.9 Å². The van der Waals surface area contributed by atoms with E-state index in [-0.39, 0.29) is 0 Å². The van der Waals surface area contributed by atoms with E-state index >= 15 is 0 Å². The van der Waals surface area contributed by atoms with E-state index in [0.717, 1.165) is 11.2 Å². The van der Waals surface area contributed by atoms with E-state index in [4.69, 9.17) is 23.2 Å². The zero-order valence-corrected chi connectivity index (χ0v) is 8.42. The third kappa shape index (κ3) is 3.05. The maximum atomic E-state index is 10.1. The topological polar surface area (TPSA) is 17.1 Å². The monoisotopic (exact) mass is 220 g/mol. The molecule has 0 radical (unpaired) electrons. The molecule has 1 rings (SSSR count). The molecule has 1 aromatic carbocycles. The molecule has 0 fully saturated rings. The lowest BCUT2D eigenvalue weighted by molar-refractivity contribution is -0.105. The van der Waals surface area contributed by atoms with E-state index in [1.165, 1.54) is 11.8 Å². The molecule has 64 valence electrons. The SMILES string of the molecule is O=CCSc1cc(Cl)cc(Cl)c1. The van der Waals surface area contributed by atoms with E-state index < -0.39 is 0 Å². The van der Waals surface area contributed by atoms with Gasteiger partial charge in [0.15, 0.2) is 0 Å². The van der Waals surface area contributed by atoms with E-state index in [0.29, 0.717) is 15.8 Å². The largest absolute Gasteiger partial charge is 0.302 e. The molecule has 0 unspecified atom stereocenters. The van der Waals surface area contributed by atoms with Gasteiger partial charge < -0.3 is 4.79 Å². The van der Waals surface area contributed by atoms with Gasteiger partial charge in [0.05, 0.1) is 5.75 Å². The molecule has 0 aliphatic carbocycles. The molecule has 12 heavy (non-hydrogen) atoms. The standard InChI is InChI=1S/C8H6Cl2OS/c9-6-3-7(10)5-8(4-6)12-2-1-11/h1,3-5H,2H2. The van der Waals surface area contributed by atoms with Crippen LogP contribution in [0.1, 0.15) is 0 Å². The molecular weight excluding hydrogens is 215 g/mol. The fourth-order valence-electron chi connectivity index (χ4n) is 0.742. The van der Waals surface area contributed by atoms with E-state index in [2.05, 4.69) is 0 Å². The van der Waals surface area contributed by atoms with Gasteiger partial charge in [0.1, 0.15) is 6.29 Å². The summed E-state index contributed by atoms with van der Waals surface area (Å²) in [5.74, 6) is 0.427. The lowest BCUT2D eigenvalue weighted by Crippen LogP contribution is -1.79. The zero-order chi connectivity index (χ0) is 8.97. The first-order chi connectivity index (χ1) is 5.72. The minimum Gasteiger partial charge on any atom is -0.302 e. The molecule has 0 aromatic heterocycles. The zero-order valence-electron chi connectivity index (χ0n) is 6.09. The van der Waals surface area contributed by atoms with Crippen molar-refractivity contribution in [2.45, 2.75) is 4.90 Å². The van der Waals surface area contributed by atoms with Crippen LogP contribution in [-0.2, 0) is 4.79 Å². The maximum absolute atomic E-state index is 10.1. The fourth-order valence-corrected chi connectivity index (χ4v) is 2.08. The summed E-state index contributed by atoms with van der Waals surface area (Å²) in [5, 5.41) is 1.19. The second-order valence-corrected chi connectivity index (χ2v) is 4.05. The van der Waals surface area contributed by atoms with Crippen molar-refractivity contribution in [1.29, 1.82) is 0 Å². The summed E-state index contributed by atoms with van der Waals surface area (Å²) in [4.78, 5) is 11.0. The second-order valence-electron chi connectivity index (χ2n) is 2.08. The summed E-state index contributed by atoms with van der Waals surface area (Å²) in [7, 11) is 0. The molecule has 0 atom stereocenters. The minimum atomic E-state index is 0.427. The van der Waals surface area contributed by atoms with Gasteiger partial charge in [-0.3, -0.25) is 0 Å². The highest BCUT2D eigenvalue weighted by molar-refractivity contribution is 7.99. The number of carbonyl (C=O) groups is 1. The number of halogens is 2. The molecule has 0 saturated carbocycles. The minimum absolute atomic E-state index is 0.427. The van der Waals surface area contributed by atoms with E-state index in [1.54, 1.807) is 18.2 Å². The molecule has 0 N–H and O–H groups in total. The van der Waals surface area contributed by atoms with Crippen molar-refractivity contribution in [2.75, 3.05) is 5.75 Å². The Hall–Kier alpha value is -0.180. The van der Waals surface area contributed by atoms with Crippen LogP contribution < -0.4 is 0 Å². The highest BCUT2D eigenvalue weighted by Gasteiger charge is 1.97. The van der Waals surface area contributed by atoms with Gasteiger partial charge in [-0.25, -0.2) is 0 Å². The van der Waals surface area contributed by atoms with Crippen LogP contribution in [-0.4, -0.2) is 12.0 Å². The van der Waals surface area contributed by atoms with Crippen LogP contribution in [0, 0.1) is 0 Å². The number of carbonyl (C=O) groups excluding carboxylic acids is 1. The number of hydrogen-bond acceptors (Lipinski definition) is 2. The average molecular weight is 221 g/mol. The molecule has 0 spiro atoms. The summed E-state index contributed by atoms with van der Waals surface area (Å²) in [5.41, 5.74) is 0. The number of thioether (sulfide) groups is 1. The fraction of sp³-hybridized carbons (Fsp3) is 0.125. The molecule has 4 heteroatoms. The lowest BCUT2D eigenvalue weighted by Gasteiger charge is -1.99. The van der Waals surface area contributed by atoms with Gasteiger partial charge in [-0.05, 0) is 18.2 Å². The van der Waals surface area contributed by atoms with Crippen molar-refractivity contribution < 1.29 is 4.79 Å². The van der Waals surface area contributed by atoms with Gasteiger partial charge in [0.2, 0.25) is 0 Å². The number of aldehydes is 1. The Balaban J connectivity index is 2.78. The molecule has 0 aliphatic rings. The van der Waals surface area contributed by atoms with Crippen molar-refractivity contribution >= 4 is 41.2 Å². The summed E-state index contributed by atoms with van der Waals surface area (Å²) in [6.07, 6.45) is 0.847. The smallest absolute Gasteiger partial charge is 0.130 e. The van der Waals surface area contributed by atoms with Crippen LogP contribution >= 0.6 is 35.0 Å².